The SMILES string of the molecule is CCOC(=O)C1=C(C)N=c2s/c(=C/c3cc(Br)c(OCc4ccc(Cl)cc4)c(OC)c3)c(=O)n2[C@@H]1c1cccc2ccccc12. The zero-order valence-electron chi connectivity index (χ0n) is 24.7. The van der Waals surface area contributed by atoms with Crippen LogP contribution in [0.4, 0.5) is 0 Å². The predicted molar refractivity (Wildman–Crippen MR) is 181 cm³/mol. The van der Waals surface area contributed by atoms with Crippen LogP contribution in [0.2, 0.25) is 5.02 Å². The highest BCUT2D eigenvalue weighted by Crippen LogP contribution is 2.38. The van der Waals surface area contributed by atoms with Crippen LogP contribution in [-0.4, -0.2) is 24.3 Å². The minimum Gasteiger partial charge on any atom is -0.493 e. The van der Waals surface area contributed by atoms with Gasteiger partial charge in [0.25, 0.3) is 5.56 Å². The fourth-order valence-electron chi connectivity index (χ4n) is 5.43. The van der Waals surface area contributed by atoms with E-state index in [0.717, 1.165) is 27.5 Å². The van der Waals surface area contributed by atoms with Crippen LogP contribution in [0.5, 0.6) is 11.5 Å². The zero-order valence-corrected chi connectivity index (χ0v) is 27.8. The third-order valence-corrected chi connectivity index (χ3v) is 9.30. The van der Waals surface area contributed by atoms with Crippen LogP contribution < -0.4 is 24.4 Å². The van der Waals surface area contributed by atoms with Crippen LogP contribution in [0.1, 0.15) is 36.6 Å². The van der Waals surface area contributed by atoms with Crippen LogP contribution in [-0.2, 0) is 16.1 Å². The number of hydrogen-bond acceptors (Lipinski definition) is 7. The third kappa shape index (κ3) is 6.08. The molecule has 6 rings (SSSR count). The van der Waals surface area contributed by atoms with E-state index < -0.39 is 12.0 Å². The second-order valence-corrected chi connectivity index (χ2v) is 12.6. The molecule has 0 amide bonds. The first kappa shape index (κ1) is 30.8. The predicted octanol–water partition coefficient (Wildman–Crippen LogP) is 6.96. The summed E-state index contributed by atoms with van der Waals surface area (Å²) in [5.41, 5.74) is 3.11. The minimum absolute atomic E-state index is 0.207. The molecule has 1 aliphatic rings. The van der Waals surface area contributed by atoms with E-state index in [-0.39, 0.29) is 12.2 Å². The van der Waals surface area contributed by atoms with Crippen molar-refractivity contribution >= 4 is 61.7 Å². The molecule has 4 aromatic carbocycles. The van der Waals surface area contributed by atoms with Gasteiger partial charge in [-0.1, -0.05) is 77.5 Å². The molecule has 1 atom stereocenters. The highest BCUT2D eigenvalue weighted by Gasteiger charge is 2.34. The van der Waals surface area contributed by atoms with Gasteiger partial charge >= 0.3 is 5.97 Å². The molecule has 5 aromatic rings. The number of methoxy groups -OCH3 is 1. The van der Waals surface area contributed by atoms with E-state index in [2.05, 4.69) is 15.9 Å². The maximum absolute atomic E-state index is 14.2. The molecule has 0 bridgehead atoms. The van der Waals surface area contributed by atoms with E-state index in [9.17, 15) is 9.59 Å². The van der Waals surface area contributed by atoms with Gasteiger partial charge in [-0.3, -0.25) is 9.36 Å². The van der Waals surface area contributed by atoms with Gasteiger partial charge in [0, 0.05) is 5.02 Å². The number of ether oxygens (including phenoxy) is 3. The van der Waals surface area contributed by atoms with Gasteiger partial charge in [0.2, 0.25) is 0 Å². The molecule has 7 nitrogen and oxygen atoms in total. The first-order chi connectivity index (χ1) is 21.8. The number of halogens is 2. The Bertz CT molecular complexity index is 2150. The molecule has 1 aliphatic heterocycles. The Morgan fingerprint density at radius 3 is 2.60 bits per heavy atom. The molecule has 228 valence electrons. The lowest BCUT2D eigenvalue weighted by molar-refractivity contribution is -0.139. The minimum atomic E-state index is -0.710. The van der Waals surface area contributed by atoms with Gasteiger partial charge in [-0.15, -0.1) is 0 Å². The smallest absolute Gasteiger partial charge is 0.338 e. The van der Waals surface area contributed by atoms with Crippen LogP contribution in [0.25, 0.3) is 16.8 Å². The summed E-state index contributed by atoms with van der Waals surface area (Å²) in [5.74, 6) is 0.553. The first-order valence-corrected chi connectivity index (χ1v) is 16.2. The summed E-state index contributed by atoms with van der Waals surface area (Å²) in [5, 5.41) is 2.60. The van der Waals surface area contributed by atoms with Gasteiger partial charge in [-0.05, 0) is 87.6 Å². The lowest BCUT2D eigenvalue weighted by Gasteiger charge is -2.25. The van der Waals surface area contributed by atoms with Crippen molar-refractivity contribution in [1.29, 1.82) is 0 Å². The lowest BCUT2D eigenvalue weighted by Crippen LogP contribution is -2.40. The van der Waals surface area contributed by atoms with E-state index in [1.165, 1.54) is 11.3 Å². The lowest BCUT2D eigenvalue weighted by atomic mass is 9.91. The van der Waals surface area contributed by atoms with Crippen molar-refractivity contribution in [2.24, 2.45) is 4.99 Å². The topological polar surface area (TPSA) is 79.1 Å². The van der Waals surface area contributed by atoms with Gasteiger partial charge in [-0.25, -0.2) is 9.79 Å². The number of thiazole rings is 1. The second kappa shape index (κ2) is 13.0. The Balaban J connectivity index is 1.45. The average molecular weight is 704 g/mol. The standard InChI is InChI=1S/C35H28BrClN2O5S/c1-4-43-34(41)30-20(2)38-35-39(31(30)26-11-7-9-23-8-5-6-10-25(23)26)33(40)29(45-35)18-22-16-27(36)32(28(17-22)42-3)44-19-21-12-14-24(37)15-13-21/h5-18,31H,4,19H2,1-3H3/b29-18+/t31-/m1/s1. The number of nitrogens with zero attached hydrogens (tertiary/aromatic N) is 2. The van der Waals surface area contributed by atoms with Gasteiger partial charge in [0.1, 0.15) is 6.61 Å². The van der Waals surface area contributed by atoms with Gasteiger partial charge in [0.05, 0.1) is 40.0 Å². The molecule has 45 heavy (non-hydrogen) atoms. The number of aromatic nitrogens is 1. The van der Waals surface area contributed by atoms with Gasteiger partial charge in [0.15, 0.2) is 16.3 Å². The summed E-state index contributed by atoms with van der Waals surface area (Å²) in [6, 6.07) is 24.2. The largest absolute Gasteiger partial charge is 0.493 e. The van der Waals surface area contributed by atoms with Gasteiger partial charge < -0.3 is 14.2 Å². The highest BCUT2D eigenvalue weighted by atomic mass is 79.9. The molecule has 0 aliphatic carbocycles. The zero-order chi connectivity index (χ0) is 31.7. The summed E-state index contributed by atoms with van der Waals surface area (Å²) in [7, 11) is 1.57. The number of carbonyl (C=O) groups excluding carboxylic acids is 1. The van der Waals surface area contributed by atoms with Crippen molar-refractivity contribution in [3.63, 3.8) is 0 Å². The van der Waals surface area contributed by atoms with E-state index in [0.29, 0.717) is 48.2 Å². The van der Waals surface area contributed by atoms with Crippen molar-refractivity contribution in [3.05, 3.63) is 136 Å². The van der Waals surface area contributed by atoms with Crippen molar-refractivity contribution in [3.8, 4) is 11.5 Å². The summed E-state index contributed by atoms with van der Waals surface area (Å²) in [6.07, 6.45) is 1.80. The molecule has 0 spiro atoms. The number of fused-ring (bicyclic) bond motifs is 2. The molecule has 0 unspecified atom stereocenters. The quantitative estimate of drug-likeness (QED) is 0.164. The third-order valence-electron chi connectivity index (χ3n) is 7.48. The summed E-state index contributed by atoms with van der Waals surface area (Å²) >= 11 is 10.9. The fourth-order valence-corrected chi connectivity index (χ4v) is 7.17. The number of hydrogen-bond donors (Lipinski definition) is 0. The molecule has 0 saturated carbocycles. The molecule has 0 radical (unpaired) electrons. The number of rotatable bonds is 8. The highest BCUT2D eigenvalue weighted by molar-refractivity contribution is 9.10. The van der Waals surface area contributed by atoms with Crippen LogP contribution in [0.3, 0.4) is 0 Å². The van der Waals surface area contributed by atoms with Crippen molar-refractivity contribution in [1.82, 2.24) is 4.57 Å². The summed E-state index contributed by atoms with van der Waals surface area (Å²) in [4.78, 5) is 32.8. The molecule has 1 aromatic heterocycles. The van der Waals surface area contributed by atoms with E-state index in [1.54, 1.807) is 31.6 Å². The first-order valence-electron chi connectivity index (χ1n) is 14.2. The Kier molecular flexibility index (Phi) is 8.94. The van der Waals surface area contributed by atoms with E-state index in [4.69, 9.17) is 30.8 Å². The fraction of sp³-hybridized carbons (Fsp3) is 0.171. The maximum Gasteiger partial charge on any atom is 0.338 e. The molecule has 0 N–H and O–H groups in total. The number of allylic oxidation sites excluding steroid dienone is 1. The summed E-state index contributed by atoms with van der Waals surface area (Å²) < 4.78 is 19.9. The number of benzene rings is 4. The molecule has 10 heteroatoms. The summed E-state index contributed by atoms with van der Waals surface area (Å²) in [6.45, 7) is 4.07. The molecule has 0 saturated heterocycles. The second-order valence-electron chi connectivity index (χ2n) is 10.3. The molecule has 0 fully saturated rings. The van der Waals surface area contributed by atoms with Crippen LogP contribution in [0.15, 0.2) is 104 Å². The Morgan fingerprint density at radius 2 is 1.84 bits per heavy atom. The number of carbonyl (C=O) groups is 1. The van der Waals surface area contributed by atoms with E-state index >= 15 is 0 Å². The molecular formula is C35H28BrClN2O5S. The van der Waals surface area contributed by atoms with Crippen molar-refractivity contribution in [2.45, 2.75) is 26.5 Å². The van der Waals surface area contributed by atoms with Crippen LogP contribution >= 0.6 is 38.9 Å². The number of esters is 1. The Morgan fingerprint density at radius 1 is 1.09 bits per heavy atom. The van der Waals surface area contributed by atoms with Crippen LogP contribution in [0, 0.1) is 0 Å². The monoisotopic (exact) mass is 702 g/mol. The maximum atomic E-state index is 14.2. The van der Waals surface area contributed by atoms with E-state index in [1.807, 2.05) is 78.9 Å². The molecule has 2 heterocycles. The molecular weight excluding hydrogens is 676 g/mol. The average Bonchev–Trinajstić information content (AvgIpc) is 3.33. The Labute approximate surface area is 276 Å². The van der Waals surface area contributed by atoms with Crippen molar-refractivity contribution in [2.75, 3.05) is 13.7 Å². The van der Waals surface area contributed by atoms with Crippen molar-refractivity contribution < 1.29 is 19.0 Å². The van der Waals surface area contributed by atoms with Gasteiger partial charge in [-0.2, -0.15) is 0 Å². The normalized spacial score (nSPS) is 14.7. The Hall–Kier alpha value is -4.18.